The molecule has 4 nitrogen and oxygen atoms in total. The number of aryl methyl sites for hydroxylation is 1. The maximum absolute atomic E-state index is 5.18. The van der Waals surface area contributed by atoms with Gasteiger partial charge in [-0.25, -0.2) is 0 Å². The van der Waals surface area contributed by atoms with E-state index in [9.17, 15) is 0 Å². The number of hydrogen-bond acceptors (Lipinski definition) is 3. The van der Waals surface area contributed by atoms with Crippen molar-refractivity contribution in [1.29, 1.82) is 0 Å². The Bertz CT molecular complexity index is 587. The fourth-order valence-electron chi connectivity index (χ4n) is 2.62. The Morgan fingerprint density at radius 3 is 2.77 bits per heavy atom. The second-order valence-electron chi connectivity index (χ2n) is 6.26. The number of rotatable bonds is 8. The standard InChI is InChI=1S/C18H25N3O/c1-13(3-4-14-5-9-17(22-2)10-6-14)19-12-16-11-18(21-20-16)15-7-8-15/h5-6,9-11,13,15,19H,3-4,7-8,12H2,1-2H3,(H,20,21)/t13-/m1/s1. The van der Waals surface area contributed by atoms with E-state index >= 15 is 0 Å². The SMILES string of the molecule is COc1ccc(CC[C@@H](C)NCc2cc(C3CC3)n[nH]2)cc1. The van der Waals surface area contributed by atoms with Crippen molar-refractivity contribution in [3.05, 3.63) is 47.3 Å². The molecule has 1 aliphatic rings. The van der Waals surface area contributed by atoms with Gasteiger partial charge in [-0.1, -0.05) is 12.1 Å². The number of nitrogens with one attached hydrogen (secondary N) is 2. The van der Waals surface area contributed by atoms with Crippen molar-refractivity contribution in [1.82, 2.24) is 15.5 Å². The Hall–Kier alpha value is -1.81. The average molecular weight is 299 g/mol. The van der Waals surface area contributed by atoms with Gasteiger partial charge in [-0.05, 0) is 56.4 Å². The minimum atomic E-state index is 0.481. The third-order valence-corrected chi connectivity index (χ3v) is 4.31. The lowest BCUT2D eigenvalue weighted by Gasteiger charge is -2.13. The third-order valence-electron chi connectivity index (χ3n) is 4.31. The summed E-state index contributed by atoms with van der Waals surface area (Å²) in [6, 6.07) is 11.0. The largest absolute Gasteiger partial charge is 0.497 e. The number of ether oxygens (including phenoxy) is 1. The Labute approximate surface area is 132 Å². The number of nitrogens with zero attached hydrogens (tertiary/aromatic N) is 1. The van der Waals surface area contributed by atoms with E-state index in [-0.39, 0.29) is 0 Å². The van der Waals surface area contributed by atoms with Crippen molar-refractivity contribution in [3.8, 4) is 5.75 Å². The maximum Gasteiger partial charge on any atom is 0.118 e. The molecule has 22 heavy (non-hydrogen) atoms. The first-order valence-electron chi connectivity index (χ1n) is 8.15. The Morgan fingerprint density at radius 1 is 1.32 bits per heavy atom. The summed E-state index contributed by atoms with van der Waals surface area (Å²) in [5.41, 5.74) is 3.79. The van der Waals surface area contributed by atoms with E-state index in [1.54, 1.807) is 7.11 Å². The number of hydrogen-bond donors (Lipinski definition) is 2. The predicted molar refractivity (Wildman–Crippen MR) is 88.2 cm³/mol. The second-order valence-corrected chi connectivity index (χ2v) is 6.26. The van der Waals surface area contributed by atoms with Crippen LogP contribution in [0.25, 0.3) is 0 Å². The molecule has 0 unspecified atom stereocenters. The highest BCUT2D eigenvalue weighted by molar-refractivity contribution is 5.27. The van der Waals surface area contributed by atoms with Crippen LogP contribution in [0, 0.1) is 0 Å². The van der Waals surface area contributed by atoms with Crippen LogP contribution in [0.15, 0.2) is 30.3 Å². The van der Waals surface area contributed by atoms with E-state index in [1.165, 1.54) is 29.8 Å². The molecule has 1 saturated carbocycles. The fourth-order valence-corrected chi connectivity index (χ4v) is 2.62. The van der Waals surface area contributed by atoms with Gasteiger partial charge in [0.05, 0.1) is 12.8 Å². The fraction of sp³-hybridized carbons (Fsp3) is 0.500. The average Bonchev–Trinajstić information content (AvgIpc) is 3.30. The first kappa shape index (κ1) is 15.1. The molecule has 1 aliphatic carbocycles. The maximum atomic E-state index is 5.18. The topological polar surface area (TPSA) is 49.9 Å². The molecule has 4 heteroatoms. The Morgan fingerprint density at radius 2 is 2.09 bits per heavy atom. The van der Waals surface area contributed by atoms with Crippen LogP contribution in [0.3, 0.4) is 0 Å². The van der Waals surface area contributed by atoms with Gasteiger partial charge in [-0.3, -0.25) is 5.10 Å². The summed E-state index contributed by atoms with van der Waals surface area (Å²) in [4.78, 5) is 0. The van der Waals surface area contributed by atoms with Crippen molar-refractivity contribution in [2.75, 3.05) is 7.11 Å². The molecule has 0 radical (unpaired) electrons. The zero-order valence-corrected chi connectivity index (χ0v) is 13.4. The summed E-state index contributed by atoms with van der Waals surface area (Å²) in [7, 11) is 1.70. The molecule has 0 aliphatic heterocycles. The minimum absolute atomic E-state index is 0.481. The first-order chi connectivity index (χ1) is 10.7. The van der Waals surface area contributed by atoms with Crippen LogP contribution in [-0.2, 0) is 13.0 Å². The highest BCUT2D eigenvalue weighted by Gasteiger charge is 2.25. The van der Waals surface area contributed by atoms with Crippen LogP contribution < -0.4 is 10.1 Å². The first-order valence-corrected chi connectivity index (χ1v) is 8.15. The minimum Gasteiger partial charge on any atom is -0.497 e. The lowest BCUT2D eigenvalue weighted by molar-refractivity contribution is 0.414. The van der Waals surface area contributed by atoms with E-state index in [4.69, 9.17) is 4.74 Å². The molecular weight excluding hydrogens is 274 g/mol. The van der Waals surface area contributed by atoms with Crippen molar-refractivity contribution < 1.29 is 4.74 Å². The smallest absolute Gasteiger partial charge is 0.118 e. The summed E-state index contributed by atoms with van der Waals surface area (Å²) in [5, 5.41) is 11.1. The van der Waals surface area contributed by atoms with Crippen molar-refractivity contribution in [2.24, 2.45) is 0 Å². The molecule has 3 rings (SSSR count). The molecule has 1 aromatic heterocycles. The summed E-state index contributed by atoms with van der Waals surface area (Å²) in [5.74, 6) is 1.64. The summed E-state index contributed by atoms with van der Waals surface area (Å²) < 4.78 is 5.18. The number of aromatic nitrogens is 2. The van der Waals surface area contributed by atoms with Gasteiger partial charge in [-0.15, -0.1) is 0 Å². The van der Waals surface area contributed by atoms with Gasteiger partial charge in [0.2, 0.25) is 0 Å². The molecule has 118 valence electrons. The highest BCUT2D eigenvalue weighted by Crippen LogP contribution is 2.38. The van der Waals surface area contributed by atoms with E-state index in [0.29, 0.717) is 6.04 Å². The van der Waals surface area contributed by atoms with Gasteiger partial charge in [-0.2, -0.15) is 5.10 Å². The van der Waals surface area contributed by atoms with Crippen LogP contribution >= 0.6 is 0 Å². The molecule has 0 saturated heterocycles. The molecule has 0 spiro atoms. The summed E-state index contributed by atoms with van der Waals surface area (Å²) in [6.07, 6.45) is 4.80. The van der Waals surface area contributed by atoms with Crippen LogP contribution in [0.2, 0.25) is 0 Å². The Balaban J connectivity index is 1.40. The number of H-pyrrole nitrogens is 1. The van der Waals surface area contributed by atoms with Gasteiger partial charge in [0, 0.05) is 24.2 Å². The van der Waals surface area contributed by atoms with Crippen molar-refractivity contribution >= 4 is 0 Å². The Kier molecular flexibility index (Phi) is 4.78. The second kappa shape index (κ2) is 6.97. The van der Waals surface area contributed by atoms with Gasteiger partial charge >= 0.3 is 0 Å². The predicted octanol–water partition coefficient (Wildman–Crippen LogP) is 3.41. The molecule has 1 aromatic carbocycles. The molecular formula is C18H25N3O. The molecule has 0 amide bonds. The van der Waals surface area contributed by atoms with Gasteiger partial charge in [0.25, 0.3) is 0 Å². The monoisotopic (exact) mass is 299 g/mol. The van der Waals surface area contributed by atoms with E-state index in [0.717, 1.165) is 31.1 Å². The molecule has 1 heterocycles. The third kappa shape index (κ3) is 4.10. The van der Waals surface area contributed by atoms with Gasteiger partial charge in [0.1, 0.15) is 5.75 Å². The van der Waals surface area contributed by atoms with Gasteiger partial charge in [0.15, 0.2) is 0 Å². The lowest BCUT2D eigenvalue weighted by Crippen LogP contribution is -2.26. The molecule has 2 N–H and O–H groups in total. The lowest BCUT2D eigenvalue weighted by atomic mass is 10.1. The molecule has 0 bridgehead atoms. The van der Waals surface area contributed by atoms with E-state index < -0.39 is 0 Å². The van der Waals surface area contributed by atoms with Crippen LogP contribution in [0.1, 0.15) is 49.1 Å². The quantitative estimate of drug-likeness (QED) is 0.785. The van der Waals surface area contributed by atoms with Crippen molar-refractivity contribution in [2.45, 2.75) is 51.1 Å². The zero-order chi connectivity index (χ0) is 15.4. The number of aromatic amines is 1. The summed E-state index contributed by atoms with van der Waals surface area (Å²) >= 11 is 0. The molecule has 1 fully saturated rings. The number of benzene rings is 1. The van der Waals surface area contributed by atoms with Crippen LogP contribution in [0.4, 0.5) is 0 Å². The van der Waals surface area contributed by atoms with Crippen LogP contribution in [0.5, 0.6) is 5.75 Å². The van der Waals surface area contributed by atoms with E-state index in [2.05, 4.69) is 40.6 Å². The number of methoxy groups -OCH3 is 1. The van der Waals surface area contributed by atoms with E-state index in [1.807, 2.05) is 12.1 Å². The normalized spacial score (nSPS) is 15.7. The zero-order valence-electron chi connectivity index (χ0n) is 13.4. The van der Waals surface area contributed by atoms with Gasteiger partial charge < -0.3 is 10.1 Å². The highest BCUT2D eigenvalue weighted by atomic mass is 16.5. The van der Waals surface area contributed by atoms with Crippen LogP contribution in [-0.4, -0.2) is 23.3 Å². The summed E-state index contributed by atoms with van der Waals surface area (Å²) in [6.45, 7) is 3.10. The van der Waals surface area contributed by atoms with Crippen molar-refractivity contribution in [3.63, 3.8) is 0 Å². The molecule has 2 aromatic rings. The molecule has 1 atom stereocenters.